The maximum absolute atomic E-state index is 5.43. The molecule has 1 fully saturated rings. The second kappa shape index (κ2) is 3.79. The Morgan fingerprint density at radius 3 is 2.79 bits per heavy atom. The van der Waals surface area contributed by atoms with Crippen LogP contribution < -0.4 is 11.1 Å². The quantitative estimate of drug-likeness (QED) is 0.739. The number of anilines is 2. The number of nitrogens with zero attached hydrogens (tertiary/aromatic N) is 2. The number of hydrogen-bond acceptors (Lipinski definition) is 5. The highest BCUT2D eigenvalue weighted by atomic mass is 16.5. The summed E-state index contributed by atoms with van der Waals surface area (Å²) in [5.74, 6) is 1.22. The van der Waals surface area contributed by atoms with Gasteiger partial charge in [0.1, 0.15) is 11.6 Å². The van der Waals surface area contributed by atoms with Gasteiger partial charge in [-0.05, 0) is 25.0 Å². The molecular formula is C9H14N4O. The van der Waals surface area contributed by atoms with Gasteiger partial charge in [-0.25, -0.2) is 0 Å². The lowest BCUT2D eigenvalue weighted by Gasteiger charge is -2.34. The van der Waals surface area contributed by atoms with E-state index in [1.807, 2.05) is 6.07 Å². The Morgan fingerprint density at radius 1 is 1.43 bits per heavy atom. The molecule has 1 aromatic rings. The van der Waals surface area contributed by atoms with Gasteiger partial charge in [0.2, 0.25) is 0 Å². The SMILES string of the molecule is COC1CC(Nc2ccc(N)nn2)C1. The number of methoxy groups -OCH3 is 1. The van der Waals surface area contributed by atoms with Crippen LogP contribution in [-0.4, -0.2) is 29.5 Å². The van der Waals surface area contributed by atoms with Crippen LogP contribution in [0.3, 0.4) is 0 Å². The van der Waals surface area contributed by atoms with Crippen LogP contribution in [0.4, 0.5) is 11.6 Å². The van der Waals surface area contributed by atoms with Crippen molar-refractivity contribution in [2.75, 3.05) is 18.2 Å². The molecule has 0 radical (unpaired) electrons. The van der Waals surface area contributed by atoms with E-state index in [9.17, 15) is 0 Å². The van der Waals surface area contributed by atoms with Crippen LogP contribution in [0.15, 0.2) is 12.1 Å². The van der Waals surface area contributed by atoms with Crippen molar-refractivity contribution < 1.29 is 4.74 Å². The molecule has 3 N–H and O–H groups in total. The monoisotopic (exact) mass is 194 g/mol. The first-order valence-corrected chi connectivity index (χ1v) is 4.66. The highest BCUT2D eigenvalue weighted by Gasteiger charge is 2.28. The van der Waals surface area contributed by atoms with Gasteiger partial charge in [0.05, 0.1) is 6.10 Å². The van der Waals surface area contributed by atoms with Gasteiger partial charge in [0.15, 0.2) is 0 Å². The summed E-state index contributed by atoms with van der Waals surface area (Å²) in [7, 11) is 1.74. The predicted octanol–water partition coefficient (Wildman–Crippen LogP) is 0.648. The Labute approximate surface area is 82.7 Å². The first-order chi connectivity index (χ1) is 6.78. The summed E-state index contributed by atoms with van der Waals surface area (Å²) in [5.41, 5.74) is 5.43. The van der Waals surface area contributed by atoms with Crippen LogP contribution in [0.5, 0.6) is 0 Å². The number of ether oxygens (including phenoxy) is 1. The molecule has 76 valence electrons. The summed E-state index contributed by atoms with van der Waals surface area (Å²) in [5, 5.41) is 10.9. The second-order valence-corrected chi connectivity index (χ2v) is 3.51. The first-order valence-electron chi connectivity index (χ1n) is 4.66. The van der Waals surface area contributed by atoms with Crippen molar-refractivity contribution in [3.63, 3.8) is 0 Å². The fourth-order valence-corrected chi connectivity index (χ4v) is 1.50. The minimum absolute atomic E-state index is 0.397. The molecule has 2 rings (SSSR count). The van der Waals surface area contributed by atoms with Crippen LogP contribution in [0.25, 0.3) is 0 Å². The number of nitrogens with one attached hydrogen (secondary N) is 1. The topological polar surface area (TPSA) is 73.1 Å². The average molecular weight is 194 g/mol. The largest absolute Gasteiger partial charge is 0.382 e. The molecule has 0 unspecified atom stereocenters. The average Bonchev–Trinajstić information content (AvgIpc) is 2.13. The molecule has 0 amide bonds. The van der Waals surface area contributed by atoms with Gasteiger partial charge in [-0.1, -0.05) is 0 Å². The second-order valence-electron chi connectivity index (χ2n) is 3.51. The van der Waals surface area contributed by atoms with E-state index in [2.05, 4.69) is 15.5 Å². The number of hydrogen-bond donors (Lipinski definition) is 2. The summed E-state index contributed by atoms with van der Waals surface area (Å²) >= 11 is 0. The van der Waals surface area contributed by atoms with Gasteiger partial charge in [-0.15, -0.1) is 10.2 Å². The van der Waals surface area contributed by atoms with Gasteiger partial charge in [-0.2, -0.15) is 0 Å². The fourth-order valence-electron chi connectivity index (χ4n) is 1.50. The lowest BCUT2D eigenvalue weighted by molar-refractivity contribution is 0.0328. The van der Waals surface area contributed by atoms with Gasteiger partial charge < -0.3 is 15.8 Å². The normalized spacial score (nSPS) is 25.5. The maximum Gasteiger partial charge on any atom is 0.149 e. The third-order valence-electron chi connectivity index (χ3n) is 2.47. The van der Waals surface area contributed by atoms with Crippen molar-refractivity contribution in [1.29, 1.82) is 0 Å². The molecule has 0 aromatic carbocycles. The Kier molecular flexibility index (Phi) is 2.49. The molecule has 1 aliphatic rings. The lowest BCUT2D eigenvalue weighted by Crippen LogP contribution is -2.40. The number of aromatic nitrogens is 2. The van der Waals surface area contributed by atoms with Gasteiger partial charge in [0.25, 0.3) is 0 Å². The molecule has 0 atom stereocenters. The molecule has 0 saturated heterocycles. The van der Waals surface area contributed by atoms with Gasteiger partial charge in [0, 0.05) is 13.2 Å². The highest BCUT2D eigenvalue weighted by molar-refractivity contribution is 5.39. The molecule has 0 bridgehead atoms. The van der Waals surface area contributed by atoms with E-state index in [1.54, 1.807) is 13.2 Å². The van der Waals surface area contributed by atoms with E-state index in [0.717, 1.165) is 18.7 Å². The van der Waals surface area contributed by atoms with Crippen LogP contribution in [0, 0.1) is 0 Å². The first kappa shape index (κ1) is 9.21. The molecule has 1 heterocycles. The highest BCUT2D eigenvalue weighted by Crippen LogP contribution is 2.25. The van der Waals surface area contributed by atoms with E-state index in [0.29, 0.717) is 18.0 Å². The third-order valence-corrected chi connectivity index (χ3v) is 2.47. The molecule has 1 aromatic heterocycles. The molecule has 0 spiro atoms. The fraction of sp³-hybridized carbons (Fsp3) is 0.556. The molecular weight excluding hydrogens is 180 g/mol. The summed E-state index contributed by atoms with van der Waals surface area (Å²) in [6.45, 7) is 0. The number of nitrogens with two attached hydrogens (primary N) is 1. The standard InChI is InChI=1S/C9H14N4O/c1-14-7-4-6(5-7)11-9-3-2-8(10)12-13-9/h2-3,6-7H,4-5H2,1H3,(H2,10,12)(H,11,13). The zero-order valence-corrected chi connectivity index (χ0v) is 8.10. The van der Waals surface area contributed by atoms with Crippen LogP contribution in [-0.2, 0) is 4.74 Å². The number of nitrogen functional groups attached to an aromatic ring is 1. The molecule has 1 aliphatic carbocycles. The molecule has 5 heteroatoms. The van der Waals surface area contributed by atoms with E-state index in [4.69, 9.17) is 10.5 Å². The van der Waals surface area contributed by atoms with Crippen molar-refractivity contribution in [1.82, 2.24) is 10.2 Å². The van der Waals surface area contributed by atoms with Crippen molar-refractivity contribution in [3.8, 4) is 0 Å². The van der Waals surface area contributed by atoms with Gasteiger partial charge >= 0.3 is 0 Å². The predicted molar refractivity (Wildman–Crippen MR) is 53.9 cm³/mol. The Hall–Kier alpha value is -1.36. The smallest absolute Gasteiger partial charge is 0.149 e. The zero-order valence-electron chi connectivity index (χ0n) is 8.10. The Bertz CT molecular complexity index is 294. The van der Waals surface area contributed by atoms with Crippen molar-refractivity contribution in [2.45, 2.75) is 25.0 Å². The molecule has 1 saturated carbocycles. The molecule has 0 aliphatic heterocycles. The minimum Gasteiger partial charge on any atom is -0.382 e. The molecule has 5 nitrogen and oxygen atoms in total. The Balaban J connectivity index is 1.84. The zero-order chi connectivity index (χ0) is 9.97. The van der Waals surface area contributed by atoms with Crippen LogP contribution in [0.2, 0.25) is 0 Å². The Morgan fingerprint density at radius 2 is 2.21 bits per heavy atom. The summed E-state index contributed by atoms with van der Waals surface area (Å²) in [6.07, 6.45) is 2.46. The van der Waals surface area contributed by atoms with Gasteiger partial charge in [-0.3, -0.25) is 0 Å². The van der Waals surface area contributed by atoms with E-state index < -0.39 is 0 Å². The lowest BCUT2D eigenvalue weighted by atomic mass is 9.89. The van der Waals surface area contributed by atoms with E-state index >= 15 is 0 Å². The maximum atomic E-state index is 5.43. The van der Waals surface area contributed by atoms with Crippen molar-refractivity contribution in [2.24, 2.45) is 0 Å². The summed E-state index contributed by atoms with van der Waals surface area (Å²) < 4.78 is 5.18. The van der Waals surface area contributed by atoms with Crippen LogP contribution in [0.1, 0.15) is 12.8 Å². The molecule has 14 heavy (non-hydrogen) atoms. The third kappa shape index (κ3) is 1.93. The van der Waals surface area contributed by atoms with Crippen LogP contribution >= 0.6 is 0 Å². The minimum atomic E-state index is 0.397. The van der Waals surface area contributed by atoms with Crippen molar-refractivity contribution in [3.05, 3.63) is 12.1 Å². The number of rotatable bonds is 3. The van der Waals surface area contributed by atoms with E-state index in [-0.39, 0.29) is 0 Å². The van der Waals surface area contributed by atoms with Crippen molar-refractivity contribution >= 4 is 11.6 Å². The van der Waals surface area contributed by atoms with E-state index in [1.165, 1.54) is 0 Å². The summed E-state index contributed by atoms with van der Waals surface area (Å²) in [4.78, 5) is 0. The summed E-state index contributed by atoms with van der Waals surface area (Å²) in [6, 6.07) is 4.03.